The predicted octanol–water partition coefficient (Wildman–Crippen LogP) is 3.56. The fourth-order valence-corrected chi connectivity index (χ4v) is 4.56. The number of fused-ring (bicyclic) bond motifs is 3. The number of carbonyl (C=O) groups excluding carboxylic acids is 1. The summed E-state index contributed by atoms with van der Waals surface area (Å²) in [6, 6.07) is 5.75. The molecule has 0 fully saturated rings. The van der Waals surface area contributed by atoms with E-state index in [9.17, 15) is 4.79 Å². The third-order valence-electron chi connectivity index (χ3n) is 3.80. The minimum atomic E-state index is -0.173. The van der Waals surface area contributed by atoms with E-state index in [0.29, 0.717) is 4.88 Å². The quantitative estimate of drug-likeness (QED) is 0.685. The van der Waals surface area contributed by atoms with Crippen LogP contribution in [-0.4, -0.2) is 10.5 Å². The zero-order valence-corrected chi connectivity index (χ0v) is 13.9. The average Bonchev–Trinajstić information content (AvgIpc) is 3.18. The summed E-state index contributed by atoms with van der Waals surface area (Å²) in [4.78, 5) is 19.2. The summed E-state index contributed by atoms with van der Waals surface area (Å²) in [6.07, 6.45) is 1.85. The van der Waals surface area contributed by atoms with Gasteiger partial charge >= 0.3 is 0 Å². The van der Waals surface area contributed by atoms with Gasteiger partial charge in [0, 0.05) is 23.9 Å². The topological polar surface area (TPSA) is 47.5 Å². The van der Waals surface area contributed by atoms with Gasteiger partial charge < -0.3 is 8.98 Å². The molecule has 0 unspecified atom stereocenters. The van der Waals surface area contributed by atoms with E-state index in [1.807, 2.05) is 36.1 Å². The van der Waals surface area contributed by atoms with Crippen molar-refractivity contribution in [2.75, 3.05) is 0 Å². The van der Waals surface area contributed by atoms with Crippen LogP contribution in [0.25, 0.3) is 11.3 Å². The lowest BCUT2D eigenvalue weighted by molar-refractivity contribution is 0.100. The van der Waals surface area contributed by atoms with Gasteiger partial charge in [0.25, 0.3) is 5.91 Å². The molecule has 0 saturated carbocycles. The monoisotopic (exact) mass is 330 g/mol. The number of aryl methyl sites for hydroxylation is 3. The van der Waals surface area contributed by atoms with E-state index >= 15 is 0 Å². The van der Waals surface area contributed by atoms with Crippen molar-refractivity contribution in [1.29, 1.82) is 0 Å². The Balaban J connectivity index is 1.85. The van der Waals surface area contributed by atoms with Crippen LogP contribution in [0.3, 0.4) is 0 Å². The van der Waals surface area contributed by atoms with Crippen molar-refractivity contribution in [1.82, 2.24) is 4.57 Å². The summed E-state index contributed by atoms with van der Waals surface area (Å²) in [5, 5.41) is 1.89. The molecule has 3 heterocycles. The first-order chi connectivity index (χ1) is 10.6. The molecule has 3 aromatic rings. The van der Waals surface area contributed by atoms with Crippen molar-refractivity contribution < 1.29 is 9.21 Å². The Morgan fingerprint density at radius 2 is 2.27 bits per heavy atom. The number of hydrogen-bond donors (Lipinski definition) is 0. The normalized spacial score (nSPS) is 14.0. The Kier molecular flexibility index (Phi) is 3.16. The highest BCUT2D eigenvalue weighted by atomic mass is 32.1. The van der Waals surface area contributed by atoms with Gasteiger partial charge in [0.1, 0.15) is 11.5 Å². The lowest BCUT2D eigenvalue weighted by Crippen LogP contribution is -2.14. The van der Waals surface area contributed by atoms with Crippen LogP contribution in [0.4, 0.5) is 0 Å². The van der Waals surface area contributed by atoms with Crippen LogP contribution in [0, 0.1) is 6.92 Å². The average molecular weight is 330 g/mol. The molecule has 1 aliphatic carbocycles. The molecule has 6 heteroatoms. The smallest absolute Gasteiger partial charge is 0.289 e. The molecule has 0 aromatic carbocycles. The Bertz CT molecular complexity index is 926. The summed E-state index contributed by atoms with van der Waals surface area (Å²) < 4.78 is 7.77. The molecule has 3 aromatic heterocycles. The number of aromatic nitrogens is 1. The fraction of sp³-hybridized carbons (Fsp3) is 0.250. The Morgan fingerprint density at radius 1 is 1.41 bits per heavy atom. The van der Waals surface area contributed by atoms with Crippen LogP contribution in [0.5, 0.6) is 0 Å². The minimum absolute atomic E-state index is 0.173. The lowest BCUT2D eigenvalue weighted by Gasteiger charge is -2.11. The number of carbonyl (C=O) groups is 1. The largest absolute Gasteiger partial charge is 0.466 e. The summed E-state index contributed by atoms with van der Waals surface area (Å²) in [5.74, 6) is 1.79. The van der Waals surface area contributed by atoms with E-state index in [1.165, 1.54) is 16.2 Å². The molecule has 0 aliphatic heterocycles. The number of amides is 1. The molecule has 22 heavy (non-hydrogen) atoms. The predicted molar refractivity (Wildman–Crippen MR) is 87.3 cm³/mol. The summed E-state index contributed by atoms with van der Waals surface area (Å²) >= 11 is 3.02. The molecule has 0 saturated heterocycles. The third kappa shape index (κ3) is 2.10. The molecule has 4 rings (SSSR count). The minimum Gasteiger partial charge on any atom is -0.466 e. The molecule has 1 amide bonds. The first-order valence-corrected chi connectivity index (χ1v) is 8.74. The Morgan fingerprint density at radius 3 is 3.05 bits per heavy atom. The number of hydrogen-bond acceptors (Lipinski definition) is 4. The van der Waals surface area contributed by atoms with Gasteiger partial charge in [-0.2, -0.15) is 4.99 Å². The lowest BCUT2D eigenvalue weighted by atomic mass is 10.0. The van der Waals surface area contributed by atoms with Gasteiger partial charge in [-0.1, -0.05) is 6.07 Å². The van der Waals surface area contributed by atoms with Gasteiger partial charge in [-0.15, -0.1) is 22.7 Å². The zero-order valence-electron chi connectivity index (χ0n) is 12.3. The second kappa shape index (κ2) is 5.07. The molecule has 0 N–H and O–H groups in total. The molecule has 1 aliphatic rings. The highest BCUT2D eigenvalue weighted by molar-refractivity contribution is 7.12. The summed E-state index contributed by atoms with van der Waals surface area (Å²) in [7, 11) is 1.97. The first-order valence-electron chi connectivity index (χ1n) is 7.04. The number of nitrogens with zero attached hydrogens (tertiary/aromatic N) is 2. The zero-order chi connectivity index (χ0) is 15.3. The van der Waals surface area contributed by atoms with Crippen molar-refractivity contribution in [3.8, 4) is 11.3 Å². The van der Waals surface area contributed by atoms with Gasteiger partial charge in [0.05, 0.1) is 10.6 Å². The Labute approximate surface area is 135 Å². The molecular weight excluding hydrogens is 316 g/mol. The Hall–Kier alpha value is -1.92. The molecule has 4 nitrogen and oxygen atoms in total. The molecule has 112 valence electrons. The van der Waals surface area contributed by atoms with E-state index in [1.54, 1.807) is 11.3 Å². The van der Waals surface area contributed by atoms with Crippen LogP contribution in [0.2, 0.25) is 0 Å². The highest BCUT2D eigenvalue weighted by Gasteiger charge is 2.24. The number of thiophene rings is 1. The maximum absolute atomic E-state index is 12.2. The second-order valence-electron chi connectivity index (χ2n) is 5.30. The van der Waals surface area contributed by atoms with Gasteiger partial charge in [-0.25, -0.2) is 0 Å². The molecule has 0 radical (unpaired) electrons. The maximum atomic E-state index is 12.2. The molecule has 0 atom stereocenters. The number of thiazole rings is 1. The second-order valence-corrected chi connectivity index (χ2v) is 7.31. The van der Waals surface area contributed by atoms with Crippen molar-refractivity contribution in [2.24, 2.45) is 12.0 Å². The van der Waals surface area contributed by atoms with Gasteiger partial charge in [0.15, 0.2) is 4.80 Å². The van der Waals surface area contributed by atoms with Crippen molar-refractivity contribution in [3.63, 3.8) is 0 Å². The van der Waals surface area contributed by atoms with Crippen molar-refractivity contribution in [2.45, 2.75) is 19.8 Å². The van der Waals surface area contributed by atoms with Gasteiger partial charge in [-0.05, 0) is 30.9 Å². The summed E-state index contributed by atoms with van der Waals surface area (Å²) in [6.45, 7) is 1.97. The van der Waals surface area contributed by atoms with Crippen LogP contribution in [-0.2, 0) is 19.9 Å². The standard InChI is InChI=1S/C16H14N2O2S2/c1-9-8-10-11(20-9)5-6-12-14(10)18(2)16(22-12)17-15(19)13-4-3-7-21-13/h3-4,7-8H,5-6H2,1-2H3. The molecule has 0 bridgehead atoms. The highest BCUT2D eigenvalue weighted by Crippen LogP contribution is 2.36. The van der Waals surface area contributed by atoms with Crippen LogP contribution >= 0.6 is 22.7 Å². The SMILES string of the molecule is Cc1cc2c(o1)CCc1sc(=NC(=O)c3cccs3)n(C)c1-2. The number of rotatable bonds is 1. The first kappa shape index (κ1) is 13.7. The van der Waals surface area contributed by atoms with Crippen LogP contribution in [0.1, 0.15) is 26.1 Å². The molecular formula is C16H14N2O2S2. The number of furan rings is 1. The van der Waals surface area contributed by atoms with Gasteiger partial charge in [0.2, 0.25) is 0 Å². The fourth-order valence-electron chi connectivity index (χ4n) is 2.83. The third-order valence-corrected chi connectivity index (χ3v) is 5.85. The summed E-state index contributed by atoms with van der Waals surface area (Å²) in [5.41, 5.74) is 2.28. The van der Waals surface area contributed by atoms with E-state index in [-0.39, 0.29) is 5.91 Å². The molecule has 0 spiro atoms. The van der Waals surface area contributed by atoms with E-state index in [4.69, 9.17) is 4.42 Å². The van der Waals surface area contributed by atoms with Crippen LogP contribution < -0.4 is 4.80 Å². The van der Waals surface area contributed by atoms with Crippen molar-refractivity contribution in [3.05, 3.63) is 49.7 Å². The van der Waals surface area contributed by atoms with Gasteiger partial charge in [-0.3, -0.25) is 4.79 Å². The van der Waals surface area contributed by atoms with Crippen molar-refractivity contribution >= 4 is 28.6 Å². The van der Waals surface area contributed by atoms with Crippen LogP contribution in [0.15, 0.2) is 33.0 Å². The maximum Gasteiger partial charge on any atom is 0.289 e. The van der Waals surface area contributed by atoms with E-state index in [2.05, 4.69) is 11.1 Å². The van der Waals surface area contributed by atoms with E-state index < -0.39 is 0 Å². The van der Waals surface area contributed by atoms with E-state index in [0.717, 1.165) is 40.4 Å².